The lowest BCUT2D eigenvalue weighted by atomic mass is 10.2. The van der Waals surface area contributed by atoms with Crippen molar-refractivity contribution in [2.45, 2.75) is 39.0 Å². The Morgan fingerprint density at radius 2 is 1.59 bits per heavy atom. The zero-order valence-corrected chi connectivity index (χ0v) is 14.3. The Hall–Kier alpha value is -0.740. The molecule has 0 aromatic carbocycles. The number of hydrogen-bond acceptors (Lipinski definition) is 5. The van der Waals surface area contributed by atoms with Crippen LogP contribution in [0.4, 0.5) is 0 Å². The van der Waals surface area contributed by atoms with Crippen LogP contribution in [0.15, 0.2) is 0 Å². The molecule has 3 atom stereocenters. The molecular weight excluding hydrogens is 308 g/mol. The highest BCUT2D eigenvalue weighted by molar-refractivity contribution is 7.86. The molecule has 8 nitrogen and oxygen atoms in total. The van der Waals surface area contributed by atoms with Crippen molar-refractivity contribution in [1.29, 1.82) is 0 Å². The van der Waals surface area contributed by atoms with Gasteiger partial charge in [-0.3, -0.25) is 4.79 Å². The number of morpholine rings is 1. The Balaban J connectivity index is 1.99. The molecule has 2 rings (SSSR count). The van der Waals surface area contributed by atoms with Crippen LogP contribution in [0.3, 0.4) is 0 Å². The van der Waals surface area contributed by atoms with Crippen LogP contribution < -0.4 is 5.73 Å². The molecule has 0 saturated carbocycles. The average molecular weight is 334 g/mol. The normalized spacial score (nSPS) is 30.3. The highest BCUT2D eigenvalue weighted by Gasteiger charge is 2.37. The maximum absolute atomic E-state index is 12.7. The van der Waals surface area contributed by atoms with Crippen LogP contribution in [0, 0.1) is 0 Å². The molecule has 2 fully saturated rings. The molecule has 0 bridgehead atoms. The van der Waals surface area contributed by atoms with E-state index in [2.05, 4.69) is 0 Å². The van der Waals surface area contributed by atoms with E-state index in [0.717, 1.165) is 0 Å². The van der Waals surface area contributed by atoms with Crippen molar-refractivity contribution in [2.75, 3.05) is 39.3 Å². The first-order valence-corrected chi connectivity index (χ1v) is 9.06. The fourth-order valence-corrected chi connectivity index (χ4v) is 4.66. The number of carbonyl (C=O) groups is 1. The first-order valence-electron chi connectivity index (χ1n) is 7.67. The molecule has 128 valence electrons. The Kier molecular flexibility index (Phi) is 5.44. The number of ether oxygens (including phenoxy) is 1. The zero-order chi connectivity index (χ0) is 16.5. The van der Waals surface area contributed by atoms with E-state index in [4.69, 9.17) is 10.5 Å². The van der Waals surface area contributed by atoms with Crippen LogP contribution >= 0.6 is 0 Å². The largest absolute Gasteiger partial charge is 0.373 e. The fraction of sp³-hybridized carbons (Fsp3) is 0.923. The van der Waals surface area contributed by atoms with Gasteiger partial charge in [0, 0.05) is 39.3 Å². The lowest BCUT2D eigenvalue weighted by molar-refractivity contribution is -0.133. The van der Waals surface area contributed by atoms with E-state index in [1.165, 1.54) is 8.61 Å². The van der Waals surface area contributed by atoms with Crippen molar-refractivity contribution in [2.24, 2.45) is 5.73 Å². The van der Waals surface area contributed by atoms with Gasteiger partial charge in [-0.25, -0.2) is 0 Å². The topological polar surface area (TPSA) is 96.2 Å². The number of rotatable bonds is 3. The van der Waals surface area contributed by atoms with Gasteiger partial charge in [-0.2, -0.15) is 17.0 Å². The predicted molar refractivity (Wildman–Crippen MR) is 82.3 cm³/mol. The number of nitrogens with two attached hydrogens (primary N) is 1. The van der Waals surface area contributed by atoms with Gasteiger partial charge in [0.15, 0.2) is 0 Å². The Morgan fingerprint density at radius 1 is 1.09 bits per heavy atom. The second-order valence-electron chi connectivity index (χ2n) is 6.10. The van der Waals surface area contributed by atoms with Crippen molar-refractivity contribution in [3.8, 4) is 0 Å². The van der Waals surface area contributed by atoms with Gasteiger partial charge in [0.2, 0.25) is 5.91 Å². The molecule has 22 heavy (non-hydrogen) atoms. The third kappa shape index (κ3) is 3.77. The highest BCUT2D eigenvalue weighted by Crippen LogP contribution is 2.19. The minimum Gasteiger partial charge on any atom is -0.373 e. The molecule has 2 aliphatic rings. The van der Waals surface area contributed by atoms with E-state index in [9.17, 15) is 13.2 Å². The second kappa shape index (κ2) is 6.79. The van der Waals surface area contributed by atoms with E-state index >= 15 is 0 Å². The standard InChI is InChI=1S/C13H26N4O4S/c1-10-8-17(9-11(2)21-10)22(19,20)16-6-4-15(5-7-16)13(18)12(3)14/h10-12H,4-9,14H2,1-3H3/t10?,11?,12-/m1/s1. The Bertz CT molecular complexity index is 492. The molecule has 2 aliphatic heterocycles. The van der Waals surface area contributed by atoms with Crippen LogP contribution in [0.5, 0.6) is 0 Å². The van der Waals surface area contributed by atoms with E-state index in [0.29, 0.717) is 39.3 Å². The summed E-state index contributed by atoms with van der Waals surface area (Å²) in [5, 5.41) is 0. The number of nitrogens with zero attached hydrogens (tertiary/aromatic N) is 3. The molecule has 0 aliphatic carbocycles. The van der Waals surface area contributed by atoms with Gasteiger partial charge in [-0.05, 0) is 20.8 Å². The van der Waals surface area contributed by atoms with Crippen molar-refractivity contribution in [3.05, 3.63) is 0 Å². The molecule has 0 radical (unpaired) electrons. The lowest BCUT2D eigenvalue weighted by Crippen LogP contribution is -2.58. The van der Waals surface area contributed by atoms with Crippen LogP contribution in [-0.4, -0.2) is 85.4 Å². The highest BCUT2D eigenvalue weighted by atomic mass is 32.2. The molecule has 2 heterocycles. The van der Waals surface area contributed by atoms with Crippen molar-refractivity contribution < 1.29 is 17.9 Å². The quantitative estimate of drug-likeness (QED) is 0.702. The van der Waals surface area contributed by atoms with E-state index < -0.39 is 16.3 Å². The molecule has 0 aromatic heterocycles. The van der Waals surface area contributed by atoms with E-state index in [1.807, 2.05) is 13.8 Å². The maximum atomic E-state index is 12.7. The summed E-state index contributed by atoms with van der Waals surface area (Å²) < 4.78 is 33.9. The van der Waals surface area contributed by atoms with Gasteiger partial charge in [0.1, 0.15) is 0 Å². The minimum absolute atomic E-state index is 0.112. The van der Waals surface area contributed by atoms with Gasteiger partial charge >= 0.3 is 0 Å². The van der Waals surface area contributed by atoms with Gasteiger partial charge in [0.25, 0.3) is 10.2 Å². The van der Waals surface area contributed by atoms with E-state index in [-0.39, 0.29) is 18.1 Å². The fourth-order valence-electron chi connectivity index (χ4n) is 2.91. The summed E-state index contributed by atoms with van der Waals surface area (Å²) in [6.07, 6.45) is -0.223. The van der Waals surface area contributed by atoms with Gasteiger partial charge < -0.3 is 15.4 Å². The number of piperazine rings is 1. The van der Waals surface area contributed by atoms with Crippen molar-refractivity contribution >= 4 is 16.1 Å². The Morgan fingerprint density at radius 3 is 2.05 bits per heavy atom. The number of hydrogen-bond donors (Lipinski definition) is 1. The summed E-state index contributed by atoms with van der Waals surface area (Å²) in [6.45, 7) is 7.50. The first kappa shape index (κ1) is 17.6. The van der Waals surface area contributed by atoms with E-state index in [1.54, 1.807) is 11.8 Å². The summed E-state index contributed by atoms with van der Waals surface area (Å²) in [5.41, 5.74) is 5.59. The summed E-state index contributed by atoms with van der Waals surface area (Å²) in [6, 6.07) is -0.552. The van der Waals surface area contributed by atoms with Crippen molar-refractivity contribution in [1.82, 2.24) is 13.5 Å². The van der Waals surface area contributed by atoms with Crippen LogP contribution in [0.1, 0.15) is 20.8 Å². The summed E-state index contributed by atoms with van der Waals surface area (Å²) >= 11 is 0. The molecular formula is C13H26N4O4S. The lowest BCUT2D eigenvalue weighted by Gasteiger charge is -2.40. The van der Waals surface area contributed by atoms with Gasteiger partial charge in [-0.15, -0.1) is 0 Å². The first-order chi connectivity index (χ1) is 10.2. The number of carbonyl (C=O) groups excluding carboxylic acids is 1. The second-order valence-corrected chi connectivity index (χ2v) is 8.02. The number of amides is 1. The molecule has 2 unspecified atom stereocenters. The minimum atomic E-state index is -3.50. The zero-order valence-electron chi connectivity index (χ0n) is 13.4. The predicted octanol–water partition coefficient (Wildman–Crippen LogP) is -1.17. The molecule has 1 amide bonds. The average Bonchev–Trinajstić information content (AvgIpc) is 2.45. The van der Waals surface area contributed by atoms with Gasteiger partial charge in [0.05, 0.1) is 18.2 Å². The van der Waals surface area contributed by atoms with Crippen molar-refractivity contribution in [3.63, 3.8) is 0 Å². The Labute approximate surface area is 132 Å². The smallest absolute Gasteiger partial charge is 0.282 e. The van der Waals surface area contributed by atoms with Gasteiger partial charge in [-0.1, -0.05) is 0 Å². The maximum Gasteiger partial charge on any atom is 0.282 e. The summed E-state index contributed by atoms with van der Waals surface area (Å²) in [7, 11) is -3.50. The third-order valence-electron chi connectivity index (χ3n) is 3.98. The molecule has 0 spiro atoms. The summed E-state index contributed by atoms with van der Waals surface area (Å²) in [5.74, 6) is -0.134. The monoisotopic (exact) mass is 334 g/mol. The van der Waals surface area contributed by atoms with Crippen LogP contribution in [0.2, 0.25) is 0 Å². The molecule has 0 aromatic rings. The molecule has 2 saturated heterocycles. The molecule has 2 N–H and O–H groups in total. The SMILES string of the molecule is CC1CN(S(=O)(=O)N2CCN(C(=O)[C@@H](C)N)CC2)CC(C)O1. The summed E-state index contributed by atoms with van der Waals surface area (Å²) in [4.78, 5) is 13.5. The third-order valence-corrected chi connectivity index (χ3v) is 5.95. The van der Waals surface area contributed by atoms with Crippen LogP contribution in [-0.2, 0) is 19.7 Å². The molecule has 9 heteroatoms. The van der Waals surface area contributed by atoms with Crippen LogP contribution in [0.25, 0.3) is 0 Å².